The molecule has 14 heavy (non-hydrogen) atoms. The van der Waals surface area contributed by atoms with Gasteiger partial charge in [-0.05, 0) is 29.0 Å². The van der Waals surface area contributed by atoms with Crippen LogP contribution in [0.4, 0.5) is 0 Å². The molecule has 2 aromatic rings. The molecule has 2 aromatic carbocycles. The predicted molar refractivity (Wildman–Crippen MR) is 55.9 cm³/mol. The standard InChI is InChI=1S/C11H9O2S/c1-14(12,13)11-7-6-9-4-2-3-5-10(9)8-11/h2-5,7-8H,1H3. The molecule has 0 amide bonds. The van der Waals surface area contributed by atoms with Crippen molar-refractivity contribution < 1.29 is 8.42 Å². The molecule has 0 aliphatic carbocycles. The van der Waals surface area contributed by atoms with E-state index in [9.17, 15) is 8.42 Å². The molecule has 71 valence electrons. The second kappa shape index (κ2) is 3.10. The third-order valence-corrected chi connectivity index (χ3v) is 3.15. The van der Waals surface area contributed by atoms with Crippen LogP contribution in [0, 0.1) is 6.07 Å². The van der Waals surface area contributed by atoms with Crippen molar-refractivity contribution >= 4 is 20.6 Å². The van der Waals surface area contributed by atoms with Crippen LogP contribution in [0.2, 0.25) is 0 Å². The van der Waals surface area contributed by atoms with E-state index < -0.39 is 9.84 Å². The fourth-order valence-electron chi connectivity index (χ4n) is 1.31. The molecule has 0 N–H and O–H groups in total. The molecule has 0 heterocycles. The molecule has 0 aromatic heterocycles. The van der Waals surface area contributed by atoms with Crippen molar-refractivity contribution in [3.05, 3.63) is 42.5 Å². The normalized spacial score (nSPS) is 11.8. The third-order valence-electron chi connectivity index (χ3n) is 2.06. The largest absolute Gasteiger partial charge is 0.224 e. The van der Waals surface area contributed by atoms with Crippen LogP contribution < -0.4 is 0 Å². The molecule has 0 unspecified atom stereocenters. The van der Waals surface area contributed by atoms with Gasteiger partial charge in [0.2, 0.25) is 0 Å². The third kappa shape index (κ3) is 1.63. The van der Waals surface area contributed by atoms with Gasteiger partial charge < -0.3 is 0 Å². The van der Waals surface area contributed by atoms with E-state index in [4.69, 9.17) is 0 Å². The first-order valence-corrected chi connectivity index (χ1v) is 6.07. The van der Waals surface area contributed by atoms with Crippen molar-refractivity contribution in [3.8, 4) is 0 Å². The highest BCUT2D eigenvalue weighted by molar-refractivity contribution is 7.90. The van der Waals surface area contributed by atoms with E-state index in [1.54, 1.807) is 6.07 Å². The number of sulfone groups is 1. The quantitative estimate of drug-likeness (QED) is 0.714. The fourth-order valence-corrected chi connectivity index (χ4v) is 1.93. The maximum atomic E-state index is 11.3. The highest BCUT2D eigenvalue weighted by atomic mass is 32.2. The number of rotatable bonds is 1. The Labute approximate surface area is 83.1 Å². The lowest BCUT2D eigenvalue weighted by Gasteiger charge is -2.00. The summed E-state index contributed by atoms with van der Waals surface area (Å²) in [6, 6.07) is 13.7. The van der Waals surface area contributed by atoms with E-state index in [-0.39, 0.29) is 0 Å². The maximum absolute atomic E-state index is 11.3. The lowest BCUT2D eigenvalue weighted by atomic mass is 10.1. The predicted octanol–water partition coefficient (Wildman–Crippen LogP) is 2.04. The monoisotopic (exact) mass is 205 g/mol. The zero-order valence-corrected chi connectivity index (χ0v) is 8.51. The summed E-state index contributed by atoms with van der Waals surface area (Å²) < 4.78 is 22.5. The smallest absolute Gasteiger partial charge is 0.175 e. The Kier molecular flexibility index (Phi) is 2.04. The van der Waals surface area contributed by atoms with Crippen LogP contribution in [0.1, 0.15) is 0 Å². The highest BCUT2D eigenvalue weighted by Crippen LogP contribution is 2.17. The minimum Gasteiger partial charge on any atom is -0.224 e. The van der Waals surface area contributed by atoms with Crippen molar-refractivity contribution in [3.63, 3.8) is 0 Å². The van der Waals surface area contributed by atoms with E-state index in [1.165, 1.54) is 12.3 Å². The maximum Gasteiger partial charge on any atom is 0.175 e. The van der Waals surface area contributed by atoms with Gasteiger partial charge in [-0.1, -0.05) is 24.3 Å². The Morgan fingerprint density at radius 2 is 1.93 bits per heavy atom. The molecule has 0 bridgehead atoms. The Balaban J connectivity index is 2.75. The zero-order chi connectivity index (χ0) is 10.2. The van der Waals surface area contributed by atoms with Crippen LogP contribution in [0.15, 0.2) is 41.3 Å². The number of benzene rings is 2. The van der Waals surface area contributed by atoms with Gasteiger partial charge in [0.15, 0.2) is 9.84 Å². The molecule has 3 heteroatoms. The summed E-state index contributed by atoms with van der Waals surface area (Å²) in [7, 11) is -3.13. The first-order valence-electron chi connectivity index (χ1n) is 4.18. The summed E-state index contributed by atoms with van der Waals surface area (Å²) in [5.41, 5.74) is 0. The molecule has 0 saturated heterocycles. The first-order chi connectivity index (χ1) is 6.57. The molecule has 0 spiro atoms. The van der Waals surface area contributed by atoms with Crippen LogP contribution in [0.25, 0.3) is 10.8 Å². The van der Waals surface area contributed by atoms with Crippen molar-refractivity contribution in [2.45, 2.75) is 4.90 Å². The average molecular weight is 205 g/mol. The minimum atomic E-state index is -3.13. The lowest BCUT2D eigenvalue weighted by Crippen LogP contribution is -1.96. The van der Waals surface area contributed by atoms with Crippen molar-refractivity contribution in [1.82, 2.24) is 0 Å². The fraction of sp³-hybridized carbons (Fsp3) is 0.0909. The van der Waals surface area contributed by atoms with Gasteiger partial charge in [-0.25, -0.2) is 8.42 Å². The number of hydrogen-bond acceptors (Lipinski definition) is 2. The van der Waals surface area contributed by atoms with E-state index in [1.807, 2.05) is 24.3 Å². The summed E-state index contributed by atoms with van der Waals surface area (Å²) in [4.78, 5) is 0.316. The highest BCUT2D eigenvalue weighted by Gasteiger charge is 2.06. The Morgan fingerprint density at radius 1 is 1.21 bits per heavy atom. The summed E-state index contributed by atoms with van der Waals surface area (Å²) in [6.07, 6.45) is 1.20. The minimum absolute atomic E-state index is 0.316. The second-order valence-corrected chi connectivity index (χ2v) is 5.21. The Morgan fingerprint density at radius 3 is 2.64 bits per heavy atom. The van der Waals surface area contributed by atoms with Gasteiger partial charge in [0.1, 0.15) is 0 Å². The topological polar surface area (TPSA) is 34.1 Å². The van der Waals surface area contributed by atoms with Crippen molar-refractivity contribution in [2.24, 2.45) is 0 Å². The summed E-state index contributed by atoms with van der Waals surface area (Å²) in [6.45, 7) is 0. The SMILES string of the molecule is CS(=O)(=O)c1c[c]c2ccccc2c1. The van der Waals surface area contributed by atoms with E-state index in [0.29, 0.717) is 4.90 Å². The van der Waals surface area contributed by atoms with Crippen molar-refractivity contribution in [2.75, 3.05) is 6.26 Å². The van der Waals surface area contributed by atoms with Crippen LogP contribution in [-0.2, 0) is 9.84 Å². The van der Waals surface area contributed by atoms with E-state index in [2.05, 4.69) is 6.07 Å². The van der Waals surface area contributed by atoms with Gasteiger partial charge in [-0.2, -0.15) is 0 Å². The molecule has 0 atom stereocenters. The zero-order valence-electron chi connectivity index (χ0n) is 7.69. The Bertz CT molecular complexity index is 571. The van der Waals surface area contributed by atoms with Crippen LogP contribution in [-0.4, -0.2) is 14.7 Å². The molecular formula is C11H9O2S. The molecule has 0 saturated carbocycles. The van der Waals surface area contributed by atoms with Gasteiger partial charge in [0.05, 0.1) is 4.90 Å². The molecular weight excluding hydrogens is 196 g/mol. The number of fused-ring (bicyclic) bond motifs is 1. The van der Waals surface area contributed by atoms with E-state index in [0.717, 1.165) is 10.8 Å². The molecule has 0 aliphatic heterocycles. The summed E-state index contributed by atoms with van der Waals surface area (Å²) in [5, 5.41) is 1.83. The summed E-state index contributed by atoms with van der Waals surface area (Å²) >= 11 is 0. The van der Waals surface area contributed by atoms with Gasteiger partial charge in [0.25, 0.3) is 0 Å². The lowest BCUT2D eigenvalue weighted by molar-refractivity contribution is 0.602. The molecule has 1 radical (unpaired) electrons. The van der Waals surface area contributed by atoms with Gasteiger partial charge in [0, 0.05) is 6.26 Å². The van der Waals surface area contributed by atoms with Gasteiger partial charge in [-0.15, -0.1) is 0 Å². The van der Waals surface area contributed by atoms with Crippen LogP contribution >= 0.6 is 0 Å². The van der Waals surface area contributed by atoms with Crippen molar-refractivity contribution in [1.29, 1.82) is 0 Å². The molecule has 0 aliphatic rings. The first kappa shape index (κ1) is 9.21. The van der Waals surface area contributed by atoms with Gasteiger partial charge >= 0.3 is 0 Å². The van der Waals surface area contributed by atoms with Gasteiger partial charge in [-0.3, -0.25) is 0 Å². The second-order valence-electron chi connectivity index (χ2n) is 3.19. The average Bonchev–Trinajstić information content (AvgIpc) is 2.16. The number of hydrogen-bond donors (Lipinski definition) is 0. The van der Waals surface area contributed by atoms with Crippen LogP contribution in [0.3, 0.4) is 0 Å². The van der Waals surface area contributed by atoms with Crippen LogP contribution in [0.5, 0.6) is 0 Å². The molecule has 0 fully saturated rings. The summed E-state index contributed by atoms with van der Waals surface area (Å²) in [5.74, 6) is 0. The molecule has 2 rings (SSSR count). The van der Waals surface area contributed by atoms with E-state index >= 15 is 0 Å². The molecule has 2 nitrogen and oxygen atoms in total. The Hall–Kier alpha value is -1.35.